The predicted octanol–water partition coefficient (Wildman–Crippen LogP) is 7.28. The molecule has 0 radical (unpaired) electrons. The van der Waals surface area contributed by atoms with Crippen LogP contribution in [0, 0.1) is 0 Å². The first-order chi connectivity index (χ1) is 12.3. The van der Waals surface area contributed by atoms with Crippen molar-refractivity contribution >= 4 is 18.6 Å². The molecule has 0 atom stereocenters. The number of thiol groups is 1. The molecular formula is C22H42O2S. The van der Waals surface area contributed by atoms with Gasteiger partial charge in [0.1, 0.15) is 6.61 Å². The van der Waals surface area contributed by atoms with E-state index in [1.807, 2.05) is 0 Å². The van der Waals surface area contributed by atoms with Gasteiger partial charge in [0, 0.05) is 12.2 Å². The van der Waals surface area contributed by atoms with Crippen LogP contribution in [0.2, 0.25) is 0 Å². The van der Waals surface area contributed by atoms with Gasteiger partial charge >= 0.3 is 5.97 Å². The lowest BCUT2D eigenvalue weighted by molar-refractivity contribution is -0.143. The molecule has 0 aliphatic carbocycles. The molecule has 2 nitrogen and oxygen atoms in total. The molecule has 0 amide bonds. The highest BCUT2D eigenvalue weighted by atomic mass is 32.1. The average molecular weight is 371 g/mol. The number of hydrogen-bond acceptors (Lipinski definition) is 3. The Morgan fingerprint density at radius 1 is 0.760 bits per heavy atom. The highest BCUT2D eigenvalue weighted by Crippen LogP contribution is 2.11. The standard InChI is InChI=1S/C22H42O2S/c1-2-3-4-5-6-7-8-9-10-11-12-13-14-15-16-17-18-19-22(23)24-20-21-25/h13-14,25H,2-12,15-21H2,1H3/b14-13+. The number of rotatable bonds is 19. The van der Waals surface area contributed by atoms with E-state index in [1.54, 1.807) is 0 Å². The summed E-state index contributed by atoms with van der Waals surface area (Å²) in [5.41, 5.74) is 0. The van der Waals surface area contributed by atoms with E-state index in [0.717, 1.165) is 19.3 Å². The molecule has 0 saturated heterocycles. The lowest BCUT2D eigenvalue weighted by Crippen LogP contribution is -2.06. The van der Waals surface area contributed by atoms with Crippen LogP contribution in [0.4, 0.5) is 0 Å². The van der Waals surface area contributed by atoms with Crippen molar-refractivity contribution in [1.82, 2.24) is 0 Å². The topological polar surface area (TPSA) is 26.3 Å². The summed E-state index contributed by atoms with van der Waals surface area (Å²) >= 11 is 4.02. The summed E-state index contributed by atoms with van der Waals surface area (Å²) < 4.78 is 4.99. The molecule has 148 valence electrons. The fourth-order valence-corrected chi connectivity index (χ4v) is 3.02. The van der Waals surface area contributed by atoms with E-state index in [-0.39, 0.29) is 5.97 Å². The van der Waals surface area contributed by atoms with Crippen molar-refractivity contribution in [3.63, 3.8) is 0 Å². The first-order valence-electron chi connectivity index (χ1n) is 10.7. The van der Waals surface area contributed by atoms with Crippen molar-refractivity contribution in [2.24, 2.45) is 0 Å². The van der Waals surface area contributed by atoms with Crippen molar-refractivity contribution < 1.29 is 9.53 Å². The molecule has 0 aromatic heterocycles. The normalized spacial score (nSPS) is 11.3. The minimum atomic E-state index is -0.0782. The number of hydrogen-bond donors (Lipinski definition) is 1. The van der Waals surface area contributed by atoms with E-state index in [0.29, 0.717) is 18.8 Å². The number of ether oxygens (including phenoxy) is 1. The summed E-state index contributed by atoms with van der Waals surface area (Å²) in [6.45, 7) is 2.71. The Bertz CT molecular complexity index is 302. The van der Waals surface area contributed by atoms with E-state index in [2.05, 4.69) is 31.7 Å². The number of allylic oxidation sites excluding steroid dienone is 2. The summed E-state index contributed by atoms with van der Waals surface area (Å²) in [5, 5.41) is 0. The predicted molar refractivity (Wildman–Crippen MR) is 113 cm³/mol. The Morgan fingerprint density at radius 3 is 1.76 bits per heavy atom. The van der Waals surface area contributed by atoms with Gasteiger partial charge in [0.15, 0.2) is 0 Å². The monoisotopic (exact) mass is 370 g/mol. The Morgan fingerprint density at radius 2 is 1.24 bits per heavy atom. The van der Waals surface area contributed by atoms with Gasteiger partial charge in [-0.05, 0) is 32.1 Å². The zero-order valence-corrected chi connectivity index (χ0v) is 17.5. The maximum absolute atomic E-state index is 11.3. The van der Waals surface area contributed by atoms with Crippen molar-refractivity contribution in [3.05, 3.63) is 12.2 Å². The molecule has 0 bridgehead atoms. The van der Waals surface area contributed by atoms with Gasteiger partial charge in [0.25, 0.3) is 0 Å². The maximum Gasteiger partial charge on any atom is 0.305 e. The second-order valence-corrected chi connectivity index (χ2v) is 7.43. The third-order valence-corrected chi connectivity index (χ3v) is 4.68. The highest BCUT2D eigenvalue weighted by molar-refractivity contribution is 7.80. The van der Waals surface area contributed by atoms with Crippen LogP contribution in [-0.4, -0.2) is 18.3 Å². The second-order valence-electron chi connectivity index (χ2n) is 6.99. The number of carbonyl (C=O) groups excluding carboxylic acids is 1. The van der Waals surface area contributed by atoms with Crippen LogP contribution >= 0.6 is 12.6 Å². The first kappa shape index (κ1) is 24.6. The van der Waals surface area contributed by atoms with Crippen LogP contribution in [0.25, 0.3) is 0 Å². The fraction of sp³-hybridized carbons (Fsp3) is 0.864. The molecule has 3 heteroatoms. The summed E-state index contributed by atoms with van der Waals surface area (Å²) in [6, 6.07) is 0. The summed E-state index contributed by atoms with van der Waals surface area (Å²) in [7, 11) is 0. The van der Waals surface area contributed by atoms with E-state index in [9.17, 15) is 4.79 Å². The van der Waals surface area contributed by atoms with Gasteiger partial charge in [-0.15, -0.1) is 0 Å². The third kappa shape index (κ3) is 21.5. The molecule has 0 fully saturated rings. The summed E-state index contributed by atoms with van der Waals surface area (Å²) in [6.07, 6.45) is 24.8. The lowest BCUT2D eigenvalue weighted by atomic mass is 10.1. The minimum absolute atomic E-state index is 0.0782. The zero-order chi connectivity index (χ0) is 18.4. The van der Waals surface area contributed by atoms with Crippen molar-refractivity contribution in [2.75, 3.05) is 12.4 Å². The van der Waals surface area contributed by atoms with Crippen molar-refractivity contribution in [1.29, 1.82) is 0 Å². The average Bonchev–Trinajstić information content (AvgIpc) is 2.62. The Balaban J connectivity index is 3.14. The van der Waals surface area contributed by atoms with Crippen LogP contribution in [0.15, 0.2) is 12.2 Å². The van der Waals surface area contributed by atoms with Crippen LogP contribution in [0.1, 0.15) is 110 Å². The molecule has 25 heavy (non-hydrogen) atoms. The zero-order valence-electron chi connectivity index (χ0n) is 16.6. The SMILES string of the molecule is CCCCCCCCCCCC/C=C/CCCCCC(=O)OCCS. The molecule has 0 saturated carbocycles. The maximum atomic E-state index is 11.3. The van der Waals surface area contributed by atoms with Gasteiger partial charge in [0.2, 0.25) is 0 Å². The van der Waals surface area contributed by atoms with Crippen molar-refractivity contribution in [3.8, 4) is 0 Å². The third-order valence-electron chi connectivity index (χ3n) is 4.50. The molecule has 0 unspecified atom stereocenters. The lowest BCUT2D eigenvalue weighted by Gasteiger charge is -2.02. The highest BCUT2D eigenvalue weighted by Gasteiger charge is 2.00. The Labute approximate surface area is 162 Å². The summed E-state index contributed by atoms with van der Waals surface area (Å²) in [4.78, 5) is 11.3. The summed E-state index contributed by atoms with van der Waals surface area (Å²) in [5.74, 6) is 0.529. The van der Waals surface area contributed by atoms with E-state index >= 15 is 0 Å². The van der Waals surface area contributed by atoms with Crippen LogP contribution in [0.5, 0.6) is 0 Å². The van der Waals surface area contributed by atoms with E-state index in [1.165, 1.54) is 77.0 Å². The van der Waals surface area contributed by atoms with Crippen LogP contribution in [0.3, 0.4) is 0 Å². The number of carbonyl (C=O) groups is 1. The van der Waals surface area contributed by atoms with Gasteiger partial charge < -0.3 is 4.74 Å². The molecule has 0 aliphatic rings. The van der Waals surface area contributed by atoms with Gasteiger partial charge in [-0.3, -0.25) is 4.79 Å². The van der Waals surface area contributed by atoms with Gasteiger partial charge in [0.05, 0.1) is 0 Å². The Hall–Kier alpha value is -0.440. The molecule has 0 heterocycles. The quantitative estimate of drug-likeness (QED) is 0.112. The molecule has 0 aromatic carbocycles. The van der Waals surface area contributed by atoms with Crippen LogP contribution in [-0.2, 0) is 9.53 Å². The van der Waals surface area contributed by atoms with E-state index in [4.69, 9.17) is 4.74 Å². The molecule has 0 N–H and O–H groups in total. The largest absolute Gasteiger partial charge is 0.465 e. The first-order valence-corrected chi connectivity index (χ1v) is 11.4. The molecular weight excluding hydrogens is 328 g/mol. The molecule has 0 spiro atoms. The molecule has 0 aromatic rings. The minimum Gasteiger partial charge on any atom is -0.465 e. The number of esters is 1. The van der Waals surface area contributed by atoms with Crippen molar-refractivity contribution in [2.45, 2.75) is 110 Å². The van der Waals surface area contributed by atoms with Gasteiger partial charge in [-0.1, -0.05) is 83.3 Å². The second kappa shape index (κ2) is 21.6. The van der Waals surface area contributed by atoms with Crippen LogP contribution < -0.4 is 0 Å². The number of unbranched alkanes of at least 4 members (excludes halogenated alkanes) is 13. The molecule has 0 aliphatic heterocycles. The smallest absolute Gasteiger partial charge is 0.305 e. The van der Waals surface area contributed by atoms with E-state index < -0.39 is 0 Å². The Kier molecular flexibility index (Phi) is 21.2. The fourth-order valence-electron chi connectivity index (χ4n) is 2.93. The molecule has 0 rings (SSSR count). The van der Waals surface area contributed by atoms with Gasteiger partial charge in [-0.25, -0.2) is 0 Å². The van der Waals surface area contributed by atoms with Gasteiger partial charge in [-0.2, -0.15) is 12.6 Å².